The van der Waals surface area contributed by atoms with E-state index in [1.165, 1.54) is 27.7 Å². The fourth-order valence-corrected chi connectivity index (χ4v) is 3.67. The van der Waals surface area contributed by atoms with Crippen molar-refractivity contribution >= 4 is 18.0 Å². The van der Waals surface area contributed by atoms with E-state index >= 15 is 0 Å². The van der Waals surface area contributed by atoms with Crippen LogP contribution in [0.4, 0.5) is 31.1 Å². The molecule has 2 atom stereocenters. The Hall–Kier alpha value is -3.81. The number of nitrogens with zero attached hydrogens (tertiary/aromatic N) is 1. The predicted octanol–water partition coefficient (Wildman–Crippen LogP) is 5.64. The van der Waals surface area contributed by atoms with Crippen molar-refractivity contribution in [2.75, 3.05) is 6.61 Å². The average molecular weight is 593 g/mol. The number of amides is 1. The summed E-state index contributed by atoms with van der Waals surface area (Å²) in [5.74, 6) is -2.69. The van der Waals surface area contributed by atoms with Crippen LogP contribution in [0.2, 0.25) is 0 Å². The second-order valence-corrected chi connectivity index (χ2v) is 9.95. The number of nitrogens with one attached hydrogen (secondary N) is 1. The number of hydrogen-bond acceptors (Lipinski definition) is 6. The molecule has 1 amide bonds. The third-order valence-corrected chi connectivity index (χ3v) is 5.41. The maximum absolute atomic E-state index is 13.4. The quantitative estimate of drug-likeness (QED) is 0.209. The largest absolute Gasteiger partial charge is 0.480 e. The molecule has 0 aliphatic carbocycles. The van der Waals surface area contributed by atoms with Crippen molar-refractivity contribution in [2.24, 2.45) is 0 Å². The first-order valence-corrected chi connectivity index (χ1v) is 12.3. The molecule has 0 bridgehead atoms. The van der Waals surface area contributed by atoms with Gasteiger partial charge in [0.25, 0.3) is 0 Å². The van der Waals surface area contributed by atoms with Gasteiger partial charge in [-0.1, -0.05) is 30.3 Å². The summed E-state index contributed by atoms with van der Waals surface area (Å²) in [5.41, 5.74) is -2.21. The van der Waals surface area contributed by atoms with E-state index in [-0.39, 0.29) is 19.1 Å². The Balaban J connectivity index is 2.58. The number of rotatable bonds is 10. The minimum absolute atomic E-state index is 0.0870. The highest BCUT2D eigenvalue weighted by atomic mass is 19.4. The molecular formula is C27H30F6N2O6. The first kappa shape index (κ1) is 33.4. The second-order valence-electron chi connectivity index (χ2n) is 9.95. The molecule has 0 saturated heterocycles. The van der Waals surface area contributed by atoms with Crippen LogP contribution in [0.15, 0.2) is 48.5 Å². The lowest BCUT2D eigenvalue weighted by Crippen LogP contribution is -2.60. The van der Waals surface area contributed by atoms with E-state index in [0.717, 1.165) is 0 Å². The Morgan fingerprint density at radius 1 is 0.878 bits per heavy atom. The molecule has 0 spiro atoms. The van der Waals surface area contributed by atoms with Crippen LogP contribution in [0, 0.1) is 0 Å². The van der Waals surface area contributed by atoms with E-state index in [9.17, 15) is 45.8 Å². The summed E-state index contributed by atoms with van der Waals surface area (Å²) >= 11 is 0. The zero-order chi connectivity index (χ0) is 31.2. The lowest BCUT2D eigenvalue weighted by atomic mass is 9.99. The van der Waals surface area contributed by atoms with Gasteiger partial charge >= 0.3 is 30.4 Å². The fraction of sp³-hybridized carbons (Fsp3) is 0.444. The van der Waals surface area contributed by atoms with Crippen molar-refractivity contribution in [3.63, 3.8) is 0 Å². The zero-order valence-electron chi connectivity index (χ0n) is 22.6. The first-order valence-electron chi connectivity index (χ1n) is 12.3. The first-order chi connectivity index (χ1) is 18.8. The molecule has 0 aliphatic heterocycles. The number of alkyl halides is 6. The SMILES string of the molecule is CCOC(=O)[C@H](Cc1ccccc1)N(N[C@@H](Cc1cc(C(F)(F)F)cc(C(F)(F)F)c1)C(=O)O)C(=O)OC(C)(C)C. The summed E-state index contributed by atoms with van der Waals surface area (Å²) in [5, 5.41) is 10.4. The summed E-state index contributed by atoms with van der Waals surface area (Å²) in [6.45, 7) is 5.87. The van der Waals surface area contributed by atoms with Crippen LogP contribution in [0.5, 0.6) is 0 Å². The van der Waals surface area contributed by atoms with E-state index < -0.39 is 71.2 Å². The third kappa shape index (κ3) is 10.3. The standard InChI is InChI=1S/C27H30F6N2O6/c1-5-40-23(38)21(14-16-9-7-6-8-10-16)35(24(39)41-25(2,3)4)34-20(22(36)37)13-17-11-18(26(28,29)30)15-19(12-17)27(31,32)33/h6-12,15,20-21,34H,5,13-14H2,1-4H3,(H,36,37)/t20-,21-/m0/s1. The van der Waals surface area contributed by atoms with E-state index in [4.69, 9.17) is 9.47 Å². The lowest BCUT2D eigenvalue weighted by Gasteiger charge is -2.34. The van der Waals surface area contributed by atoms with Crippen LogP contribution in [0.1, 0.15) is 49.9 Å². The second kappa shape index (κ2) is 13.2. The zero-order valence-corrected chi connectivity index (χ0v) is 22.6. The highest BCUT2D eigenvalue weighted by molar-refractivity contribution is 5.82. The molecule has 2 rings (SSSR count). The highest BCUT2D eigenvalue weighted by Gasteiger charge is 2.39. The monoisotopic (exact) mass is 592 g/mol. The third-order valence-electron chi connectivity index (χ3n) is 5.41. The van der Waals surface area contributed by atoms with Crippen LogP contribution in [0.25, 0.3) is 0 Å². The van der Waals surface area contributed by atoms with Crippen molar-refractivity contribution in [3.05, 3.63) is 70.8 Å². The maximum atomic E-state index is 13.4. The van der Waals surface area contributed by atoms with Crippen LogP contribution < -0.4 is 5.43 Å². The molecule has 2 aromatic carbocycles. The molecule has 8 nitrogen and oxygen atoms in total. The van der Waals surface area contributed by atoms with Crippen molar-refractivity contribution in [1.29, 1.82) is 0 Å². The van der Waals surface area contributed by atoms with Crippen molar-refractivity contribution in [1.82, 2.24) is 10.4 Å². The molecule has 0 heterocycles. The van der Waals surface area contributed by atoms with Gasteiger partial charge in [-0.05, 0) is 57.0 Å². The van der Waals surface area contributed by atoms with Gasteiger partial charge in [-0.15, -0.1) is 0 Å². The van der Waals surface area contributed by atoms with Crippen LogP contribution in [0.3, 0.4) is 0 Å². The number of halogens is 6. The van der Waals surface area contributed by atoms with E-state index in [0.29, 0.717) is 22.7 Å². The van der Waals surface area contributed by atoms with Gasteiger partial charge in [-0.2, -0.15) is 26.3 Å². The molecule has 14 heteroatoms. The molecule has 41 heavy (non-hydrogen) atoms. The Morgan fingerprint density at radius 3 is 1.85 bits per heavy atom. The number of aliphatic carboxylic acids is 1. The summed E-state index contributed by atoms with van der Waals surface area (Å²) in [6.07, 6.45) is -12.7. The Labute approximate surface area is 232 Å². The van der Waals surface area contributed by atoms with E-state index in [1.54, 1.807) is 30.3 Å². The van der Waals surface area contributed by atoms with Gasteiger partial charge in [0.15, 0.2) is 6.04 Å². The van der Waals surface area contributed by atoms with Crippen molar-refractivity contribution < 1.29 is 55.3 Å². The number of carbonyl (C=O) groups excluding carboxylic acids is 2. The van der Waals surface area contributed by atoms with E-state index in [1.807, 2.05) is 0 Å². The Morgan fingerprint density at radius 2 is 1.41 bits per heavy atom. The molecule has 2 aromatic rings. The number of esters is 1. The van der Waals surface area contributed by atoms with Gasteiger partial charge in [0.2, 0.25) is 0 Å². The van der Waals surface area contributed by atoms with Crippen LogP contribution >= 0.6 is 0 Å². The lowest BCUT2D eigenvalue weighted by molar-refractivity contribution is -0.153. The van der Waals surface area contributed by atoms with Gasteiger partial charge in [-0.3, -0.25) is 4.79 Å². The minimum Gasteiger partial charge on any atom is -0.480 e. The Bertz CT molecular complexity index is 1180. The van der Waals surface area contributed by atoms with E-state index in [2.05, 4.69) is 5.43 Å². The summed E-state index contributed by atoms with van der Waals surface area (Å²) in [7, 11) is 0. The number of hydrazine groups is 1. The van der Waals surface area contributed by atoms with Crippen molar-refractivity contribution in [2.45, 2.75) is 70.6 Å². The topological polar surface area (TPSA) is 105 Å². The van der Waals surface area contributed by atoms with Crippen molar-refractivity contribution in [3.8, 4) is 0 Å². The summed E-state index contributed by atoms with van der Waals surface area (Å²) < 4.78 is 90.6. The molecule has 0 unspecified atom stereocenters. The maximum Gasteiger partial charge on any atom is 0.425 e. The van der Waals surface area contributed by atoms with Gasteiger partial charge in [0.1, 0.15) is 11.6 Å². The average Bonchev–Trinajstić information content (AvgIpc) is 2.83. The molecule has 0 aliphatic rings. The number of ether oxygens (including phenoxy) is 2. The predicted molar refractivity (Wildman–Crippen MR) is 133 cm³/mol. The van der Waals surface area contributed by atoms with Gasteiger partial charge < -0.3 is 14.6 Å². The van der Waals surface area contributed by atoms with Gasteiger partial charge in [0.05, 0.1) is 17.7 Å². The number of carboxylic acids is 1. The fourth-order valence-electron chi connectivity index (χ4n) is 3.67. The Kier molecular flexibility index (Phi) is 10.8. The number of hydrogen-bond donors (Lipinski definition) is 2. The van der Waals surface area contributed by atoms with Gasteiger partial charge in [0, 0.05) is 12.8 Å². The number of carbonyl (C=O) groups is 3. The normalized spacial score (nSPS) is 13.7. The van der Waals surface area contributed by atoms with Gasteiger partial charge in [-0.25, -0.2) is 20.0 Å². The molecule has 0 aromatic heterocycles. The smallest absolute Gasteiger partial charge is 0.425 e. The van der Waals surface area contributed by atoms with Crippen LogP contribution in [-0.4, -0.2) is 52.4 Å². The highest BCUT2D eigenvalue weighted by Crippen LogP contribution is 2.36. The molecule has 0 saturated carbocycles. The molecular weight excluding hydrogens is 562 g/mol. The summed E-state index contributed by atoms with van der Waals surface area (Å²) in [4.78, 5) is 38.4. The number of benzene rings is 2. The molecule has 226 valence electrons. The minimum atomic E-state index is -5.16. The number of carboxylic acid groups (broad SMARTS) is 1. The van der Waals surface area contributed by atoms with Crippen LogP contribution in [-0.2, 0) is 44.3 Å². The summed E-state index contributed by atoms with van der Waals surface area (Å²) in [6, 6.07) is 5.41. The molecule has 0 fully saturated rings. The molecule has 2 N–H and O–H groups in total. The molecule has 0 radical (unpaired) electrons.